The van der Waals surface area contributed by atoms with E-state index in [0.717, 1.165) is 0 Å². The second kappa shape index (κ2) is 5.54. The largest absolute Gasteiger partial charge is 0.419 e. The molecule has 1 heterocycles. The van der Waals surface area contributed by atoms with Crippen LogP contribution in [0.1, 0.15) is 23.6 Å². The van der Waals surface area contributed by atoms with E-state index in [4.69, 9.17) is 5.84 Å². The molecule has 1 saturated heterocycles. The number of hydrazine groups is 1. The van der Waals surface area contributed by atoms with Gasteiger partial charge in [-0.25, -0.2) is 12.8 Å². The van der Waals surface area contributed by atoms with Crippen LogP contribution in [0.3, 0.4) is 0 Å². The Morgan fingerprint density at radius 1 is 1.33 bits per heavy atom. The van der Waals surface area contributed by atoms with Crippen LogP contribution in [0, 0.1) is 11.7 Å². The van der Waals surface area contributed by atoms with Crippen LogP contribution in [0.5, 0.6) is 0 Å². The smallest absolute Gasteiger partial charge is 0.271 e. The van der Waals surface area contributed by atoms with Gasteiger partial charge in [0.2, 0.25) is 0 Å². The molecule has 3 N–H and O–H groups in total. The zero-order valence-corrected chi connectivity index (χ0v) is 11.6. The van der Waals surface area contributed by atoms with Gasteiger partial charge in [0.1, 0.15) is 5.82 Å². The first kappa shape index (κ1) is 16.2. The molecule has 9 heteroatoms. The lowest BCUT2D eigenvalue weighted by atomic mass is 9.92. The molecule has 1 aromatic rings. The van der Waals surface area contributed by atoms with Crippen molar-refractivity contribution in [1.29, 1.82) is 0 Å². The lowest BCUT2D eigenvalue weighted by Gasteiger charge is -2.23. The molecule has 0 bridgehead atoms. The highest BCUT2D eigenvalue weighted by atomic mass is 32.2. The van der Waals surface area contributed by atoms with Crippen molar-refractivity contribution in [3.63, 3.8) is 0 Å². The fourth-order valence-electron chi connectivity index (χ4n) is 2.54. The van der Waals surface area contributed by atoms with E-state index in [0.29, 0.717) is 18.6 Å². The van der Waals surface area contributed by atoms with Gasteiger partial charge in [0.15, 0.2) is 9.84 Å². The first-order valence-corrected chi connectivity index (χ1v) is 7.99. The third-order valence-corrected chi connectivity index (χ3v) is 5.37. The minimum Gasteiger partial charge on any atom is -0.271 e. The van der Waals surface area contributed by atoms with Crippen molar-refractivity contribution in [2.75, 3.05) is 11.5 Å². The Hall–Kier alpha value is -1.19. The Morgan fingerprint density at radius 2 is 2.00 bits per heavy atom. The van der Waals surface area contributed by atoms with Crippen LogP contribution in [0.2, 0.25) is 0 Å². The molecule has 0 saturated carbocycles. The number of hydrogen-bond acceptors (Lipinski definition) is 4. The minimum atomic E-state index is -4.82. The summed E-state index contributed by atoms with van der Waals surface area (Å²) in [5.74, 6) is 3.36. The second-order valence-electron chi connectivity index (χ2n) is 5.04. The maximum Gasteiger partial charge on any atom is 0.419 e. The molecule has 0 aliphatic carbocycles. The highest BCUT2D eigenvalue weighted by Crippen LogP contribution is 2.36. The number of nitrogens with two attached hydrogens (primary N) is 1. The van der Waals surface area contributed by atoms with Gasteiger partial charge in [-0.3, -0.25) is 11.3 Å². The number of hydrogen-bond donors (Lipinski definition) is 2. The summed E-state index contributed by atoms with van der Waals surface area (Å²) in [4.78, 5) is 0. The van der Waals surface area contributed by atoms with Crippen LogP contribution in [-0.4, -0.2) is 19.9 Å². The number of benzene rings is 1. The SMILES string of the molecule is NNC(c1ccc(F)c(C(F)(F)F)c1)C1CCS(=O)(=O)C1. The van der Waals surface area contributed by atoms with Gasteiger partial charge in [-0.2, -0.15) is 13.2 Å². The van der Waals surface area contributed by atoms with E-state index in [2.05, 4.69) is 5.43 Å². The number of alkyl halides is 3. The van der Waals surface area contributed by atoms with Gasteiger partial charge in [0, 0.05) is 6.04 Å². The van der Waals surface area contributed by atoms with Crippen LogP contribution in [0.25, 0.3) is 0 Å². The van der Waals surface area contributed by atoms with Gasteiger partial charge in [-0.15, -0.1) is 0 Å². The minimum absolute atomic E-state index is 0.0246. The van der Waals surface area contributed by atoms with Gasteiger partial charge in [0.05, 0.1) is 17.1 Å². The molecule has 2 rings (SSSR count). The Kier molecular flexibility index (Phi) is 4.27. The van der Waals surface area contributed by atoms with Crippen LogP contribution >= 0.6 is 0 Å². The molecule has 0 spiro atoms. The van der Waals surface area contributed by atoms with Crippen LogP contribution in [0.15, 0.2) is 18.2 Å². The van der Waals surface area contributed by atoms with E-state index in [1.54, 1.807) is 0 Å². The Bertz CT molecular complexity index is 631. The molecule has 1 aliphatic rings. The van der Waals surface area contributed by atoms with Gasteiger partial charge in [0.25, 0.3) is 0 Å². The molecule has 4 nitrogen and oxygen atoms in total. The fraction of sp³-hybridized carbons (Fsp3) is 0.500. The zero-order valence-electron chi connectivity index (χ0n) is 10.8. The van der Waals surface area contributed by atoms with E-state index in [1.165, 1.54) is 6.07 Å². The molecule has 118 valence electrons. The maximum absolute atomic E-state index is 13.3. The van der Waals surface area contributed by atoms with Crippen LogP contribution in [-0.2, 0) is 16.0 Å². The quantitative estimate of drug-likeness (QED) is 0.505. The van der Waals surface area contributed by atoms with Crippen molar-refractivity contribution < 1.29 is 26.0 Å². The predicted octanol–water partition coefficient (Wildman–Crippen LogP) is 1.78. The van der Waals surface area contributed by atoms with E-state index >= 15 is 0 Å². The molecule has 2 atom stereocenters. The molecular weight excluding hydrogens is 312 g/mol. The first-order chi connectivity index (χ1) is 9.64. The Labute approximate surface area is 119 Å². The molecule has 1 aromatic carbocycles. The monoisotopic (exact) mass is 326 g/mol. The Morgan fingerprint density at radius 3 is 2.48 bits per heavy atom. The summed E-state index contributed by atoms with van der Waals surface area (Å²) < 4.78 is 74.3. The Balaban J connectivity index is 2.36. The predicted molar refractivity (Wildman–Crippen MR) is 68.2 cm³/mol. The number of nitrogens with one attached hydrogen (secondary N) is 1. The molecule has 0 aromatic heterocycles. The normalized spacial score (nSPS) is 23.2. The summed E-state index contributed by atoms with van der Waals surface area (Å²) in [6.45, 7) is 0. The summed E-state index contributed by atoms with van der Waals surface area (Å²) in [6.07, 6.45) is -4.52. The molecule has 0 amide bonds. The molecule has 0 radical (unpaired) electrons. The van der Waals surface area contributed by atoms with Crippen LogP contribution in [0.4, 0.5) is 17.6 Å². The number of rotatable bonds is 3. The third-order valence-electron chi connectivity index (χ3n) is 3.57. The molecule has 1 fully saturated rings. The van der Waals surface area contributed by atoms with Gasteiger partial charge < -0.3 is 0 Å². The van der Waals surface area contributed by atoms with Crippen molar-refractivity contribution >= 4 is 9.84 Å². The van der Waals surface area contributed by atoms with Crippen molar-refractivity contribution in [3.05, 3.63) is 35.1 Å². The molecule has 2 unspecified atom stereocenters. The van der Waals surface area contributed by atoms with Crippen molar-refractivity contribution in [1.82, 2.24) is 5.43 Å². The topological polar surface area (TPSA) is 72.2 Å². The number of sulfone groups is 1. The zero-order chi connectivity index (χ0) is 15.8. The standard InChI is InChI=1S/C12H14F4N2O2S/c13-10-2-1-7(5-9(10)12(14,15)16)11(18-17)8-3-4-21(19,20)6-8/h1-2,5,8,11,18H,3-4,6,17H2. The summed E-state index contributed by atoms with van der Waals surface area (Å²) in [5.41, 5.74) is 1.07. The second-order valence-corrected chi connectivity index (χ2v) is 7.27. The number of halogens is 4. The third kappa shape index (κ3) is 3.53. The molecule has 1 aliphatic heterocycles. The van der Waals surface area contributed by atoms with E-state index in [-0.39, 0.29) is 17.1 Å². The summed E-state index contributed by atoms with van der Waals surface area (Å²) in [7, 11) is -3.20. The van der Waals surface area contributed by atoms with E-state index in [1.807, 2.05) is 0 Å². The van der Waals surface area contributed by atoms with E-state index < -0.39 is 39.4 Å². The highest BCUT2D eigenvalue weighted by Gasteiger charge is 2.37. The van der Waals surface area contributed by atoms with Gasteiger partial charge in [-0.05, 0) is 30.0 Å². The average molecular weight is 326 g/mol. The lowest BCUT2D eigenvalue weighted by Crippen LogP contribution is -2.34. The van der Waals surface area contributed by atoms with Crippen LogP contribution < -0.4 is 11.3 Å². The van der Waals surface area contributed by atoms with Crippen molar-refractivity contribution in [2.45, 2.75) is 18.6 Å². The first-order valence-electron chi connectivity index (χ1n) is 6.17. The van der Waals surface area contributed by atoms with Gasteiger partial charge in [-0.1, -0.05) is 6.07 Å². The summed E-state index contributed by atoms with van der Waals surface area (Å²) >= 11 is 0. The molecule has 21 heavy (non-hydrogen) atoms. The van der Waals surface area contributed by atoms with E-state index in [9.17, 15) is 26.0 Å². The summed E-state index contributed by atoms with van der Waals surface area (Å²) in [6, 6.07) is 1.79. The fourth-order valence-corrected chi connectivity index (χ4v) is 4.38. The van der Waals surface area contributed by atoms with Crippen molar-refractivity contribution in [3.8, 4) is 0 Å². The summed E-state index contributed by atoms with van der Waals surface area (Å²) in [5, 5.41) is 0. The highest BCUT2D eigenvalue weighted by molar-refractivity contribution is 7.91. The maximum atomic E-state index is 13.3. The molecular formula is C12H14F4N2O2S. The van der Waals surface area contributed by atoms with Gasteiger partial charge >= 0.3 is 6.18 Å². The lowest BCUT2D eigenvalue weighted by molar-refractivity contribution is -0.140. The average Bonchev–Trinajstić information content (AvgIpc) is 2.71. The van der Waals surface area contributed by atoms with Crippen molar-refractivity contribution in [2.24, 2.45) is 11.8 Å².